The summed E-state index contributed by atoms with van der Waals surface area (Å²) < 4.78 is 31.4. The number of ether oxygens (including phenoxy) is 1. The number of carboxylic acids is 1. The predicted octanol–water partition coefficient (Wildman–Crippen LogP) is 0.589. The molecule has 0 aromatic heterocycles. The van der Waals surface area contributed by atoms with E-state index in [1.165, 1.54) is 12.1 Å². The molecule has 7 nitrogen and oxygen atoms in total. The summed E-state index contributed by atoms with van der Waals surface area (Å²) in [6.07, 6.45) is -0.933. The van der Waals surface area contributed by atoms with Gasteiger partial charge >= 0.3 is 5.97 Å². The smallest absolute Gasteiger partial charge is 0.332 e. The molecule has 0 aliphatic rings. The number of carbonyl (C=O) groups is 1. The number of aliphatic hydroxyl groups excluding tert-OH is 1. The first-order valence-electron chi connectivity index (χ1n) is 6.50. The third kappa shape index (κ3) is 5.70. The normalized spacial score (nSPS) is 12.9. The number of rotatable bonds is 9. The summed E-state index contributed by atoms with van der Waals surface area (Å²) in [7, 11) is -3.73. The zero-order valence-electron chi connectivity index (χ0n) is 11.7. The Morgan fingerprint density at radius 1 is 1.33 bits per heavy atom. The van der Waals surface area contributed by atoms with Crippen LogP contribution in [0, 0.1) is 0 Å². The van der Waals surface area contributed by atoms with E-state index in [-0.39, 0.29) is 17.9 Å². The molecule has 1 aromatic rings. The van der Waals surface area contributed by atoms with Crippen LogP contribution in [0.4, 0.5) is 0 Å². The van der Waals surface area contributed by atoms with Crippen molar-refractivity contribution >= 4 is 16.0 Å². The topological polar surface area (TPSA) is 113 Å². The lowest BCUT2D eigenvalue weighted by Crippen LogP contribution is -2.30. The maximum Gasteiger partial charge on any atom is 0.332 e. The molecule has 118 valence electrons. The monoisotopic (exact) mass is 317 g/mol. The van der Waals surface area contributed by atoms with Gasteiger partial charge in [0, 0.05) is 6.54 Å². The summed E-state index contributed by atoms with van der Waals surface area (Å²) >= 11 is 0. The molecule has 0 aliphatic heterocycles. The highest BCUT2D eigenvalue weighted by molar-refractivity contribution is 7.89. The van der Waals surface area contributed by atoms with E-state index < -0.39 is 22.1 Å². The quantitative estimate of drug-likeness (QED) is 0.614. The van der Waals surface area contributed by atoms with E-state index >= 15 is 0 Å². The number of sulfonamides is 1. The van der Waals surface area contributed by atoms with Gasteiger partial charge in [0.15, 0.2) is 6.10 Å². The predicted molar refractivity (Wildman–Crippen MR) is 75.7 cm³/mol. The average Bonchev–Trinajstić information content (AvgIpc) is 2.45. The summed E-state index contributed by atoms with van der Waals surface area (Å²) in [6.45, 7) is 2.36. The largest absolute Gasteiger partial charge is 0.494 e. The molecule has 1 rings (SSSR count). The van der Waals surface area contributed by atoms with Gasteiger partial charge in [0.05, 0.1) is 11.5 Å². The fourth-order valence-corrected chi connectivity index (χ4v) is 2.52. The molecule has 8 heteroatoms. The van der Waals surface area contributed by atoms with Crippen molar-refractivity contribution in [1.29, 1.82) is 0 Å². The molecular weight excluding hydrogens is 298 g/mol. The van der Waals surface area contributed by atoms with E-state index in [4.69, 9.17) is 14.9 Å². The maximum atomic E-state index is 11.9. The van der Waals surface area contributed by atoms with Gasteiger partial charge in [-0.2, -0.15) is 0 Å². The highest BCUT2D eigenvalue weighted by atomic mass is 32.2. The molecule has 1 aromatic carbocycles. The number of carboxylic acid groups (broad SMARTS) is 1. The number of hydrogen-bond acceptors (Lipinski definition) is 5. The van der Waals surface area contributed by atoms with Gasteiger partial charge in [-0.05, 0) is 37.1 Å². The molecule has 3 N–H and O–H groups in total. The molecule has 1 atom stereocenters. The van der Waals surface area contributed by atoms with Crippen LogP contribution in [-0.4, -0.2) is 43.9 Å². The molecule has 21 heavy (non-hydrogen) atoms. The Morgan fingerprint density at radius 3 is 2.48 bits per heavy atom. The van der Waals surface area contributed by atoms with Crippen LogP contribution in [0.3, 0.4) is 0 Å². The van der Waals surface area contributed by atoms with E-state index in [1.54, 1.807) is 12.1 Å². The minimum atomic E-state index is -3.73. The van der Waals surface area contributed by atoms with Crippen molar-refractivity contribution in [3.63, 3.8) is 0 Å². The SMILES string of the molecule is CCCOc1ccc(S(=O)(=O)NCC[C@H](O)C(=O)O)cc1. The summed E-state index contributed by atoms with van der Waals surface area (Å²) in [5, 5.41) is 17.6. The Labute approximate surface area is 123 Å². The van der Waals surface area contributed by atoms with Crippen molar-refractivity contribution in [2.45, 2.75) is 30.8 Å². The first kappa shape index (κ1) is 17.4. The van der Waals surface area contributed by atoms with Gasteiger partial charge in [-0.3, -0.25) is 0 Å². The van der Waals surface area contributed by atoms with E-state index in [1.807, 2.05) is 6.92 Å². The lowest BCUT2D eigenvalue weighted by atomic mass is 10.3. The molecule has 0 amide bonds. The van der Waals surface area contributed by atoms with Crippen molar-refractivity contribution in [3.8, 4) is 5.75 Å². The number of aliphatic hydroxyl groups is 1. The second-order valence-corrected chi connectivity index (χ2v) is 6.13. The summed E-state index contributed by atoms with van der Waals surface area (Å²) in [6, 6.07) is 5.91. The van der Waals surface area contributed by atoms with Crippen molar-refractivity contribution in [2.75, 3.05) is 13.2 Å². The fraction of sp³-hybridized carbons (Fsp3) is 0.462. The van der Waals surface area contributed by atoms with Crippen molar-refractivity contribution in [2.24, 2.45) is 0 Å². The van der Waals surface area contributed by atoms with Gasteiger partial charge < -0.3 is 14.9 Å². The minimum Gasteiger partial charge on any atom is -0.494 e. The summed E-state index contributed by atoms with van der Waals surface area (Å²) in [5.74, 6) is -0.802. The van der Waals surface area contributed by atoms with Crippen LogP contribution in [0.1, 0.15) is 19.8 Å². The van der Waals surface area contributed by atoms with Crippen molar-refractivity contribution in [1.82, 2.24) is 4.72 Å². The van der Waals surface area contributed by atoms with Gasteiger partial charge in [-0.25, -0.2) is 17.9 Å². The van der Waals surface area contributed by atoms with Crippen LogP contribution >= 0.6 is 0 Å². The second-order valence-electron chi connectivity index (χ2n) is 4.36. The van der Waals surface area contributed by atoms with E-state index in [2.05, 4.69) is 4.72 Å². The molecule has 0 spiro atoms. The van der Waals surface area contributed by atoms with Crippen molar-refractivity contribution in [3.05, 3.63) is 24.3 Å². The standard InChI is InChI=1S/C13H19NO6S/c1-2-9-20-10-3-5-11(6-4-10)21(18,19)14-8-7-12(15)13(16)17/h3-6,12,14-15H,2,7-9H2,1H3,(H,16,17)/t12-/m0/s1. The number of hydrogen-bond donors (Lipinski definition) is 3. The van der Waals surface area contributed by atoms with E-state index in [0.29, 0.717) is 12.4 Å². The Kier molecular flexibility index (Phi) is 6.60. The zero-order valence-corrected chi connectivity index (χ0v) is 12.5. The van der Waals surface area contributed by atoms with Crippen LogP contribution in [-0.2, 0) is 14.8 Å². The van der Waals surface area contributed by atoms with Gasteiger partial charge in [-0.15, -0.1) is 0 Å². The molecule has 0 radical (unpaired) electrons. The third-order valence-corrected chi connectivity index (χ3v) is 4.08. The van der Waals surface area contributed by atoms with Crippen LogP contribution in [0.5, 0.6) is 5.75 Å². The first-order chi connectivity index (χ1) is 9.86. The minimum absolute atomic E-state index is 0.0520. The highest BCUT2D eigenvalue weighted by Gasteiger charge is 2.17. The van der Waals surface area contributed by atoms with Crippen molar-refractivity contribution < 1.29 is 28.2 Å². The summed E-state index contributed by atoms with van der Waals surface area (Å²) in [5.41, 5.74) is 0. The first-order valence-corrected chi connectivity index (χ1v) is 7.98. The van der Waals surface area contributed by atoms with Crippen LogP contribution in [0.2, 0.25) is 0 Å². The average molecular weight is 317 g/mol. The Bertz CT molecular complexity index is 555. The van der Waals surface area contributed by atoms with Gasteiger partial charge in [0.25, 0.3) is 0 Å². The van der Waals surface area contributed by atoms with Crippen LogP contribution < -0.4 is 9.46 Å². The molecule has 0 saturated heterocycles. The third-order valence-electron chi connectivity index (χ3n) is 2.60. The fourth-order valence-electron chi connectivity index (χ4n) is 1.47. The summed E-state index contributed by atoms with van der Waals surface area (Å²) in [4.78, 5) is 10.5. The van der Waals surface area contributed by atoms with Gasteiger partial charge in [-0.1, -0.05) is 6.92 Å². The molecule has 0 saturated carbocycles. The molecule has 0 aliphatic carbocycles. The lowest BCUT2D eigenvalue weighted by molar-refractivity contribution is -0.146. The second kappa shape index (κ2) is 7.96. The number of aliphatic carboxylic acids is 1. The van der Waals surface area contributed by atoms with Gasteiger partial charge in [0.1, 0.15) is 5.75 Å². The lowest BCUT2D eigenvalue weighted by Gasteiger charge is -2.09. The molecule has 0 bridgehead atoms. The highest BCUT2D eigenvalue weighted by Crippen LogP contribution is 2.16. The Morgan fingerprint density at radius 2 is 1.95 bits per heavy atom. The van der Waals surface area contributed by atoms with Crippen LogP contribution in [0.15, 0.2) is 29.2 Å². The van der Waals surface area contributed by atoms with Gasteiger partial charge in [0.2, 0.25) is 10.0 Å². The maximum absolute atomic E-state index is 11.9. The Hall–Kier alpha value is -1.64. The zero-order chi connectivity index (χ0) is 15.9. The Balaban J connectivity index is 2.59. The number of benzene rings is 1. The van der Waals surface area contributed by atoms with E-state index in [9.17, 15) is 13.2 Å². The molecular formula is C13H19NO6S. The molecule has 0 heterocycles. The van der Waals surface area contributed by atoms with E-state index in [0.717, 1.165) is 6.42 Å². The molecule has 0 fully saturated rings. The number of nitrogens with one attached hydrogen (secondary N) is 1. The van der Waals surface area contributed by atoms with Crippen LogP contribution in [0.25, 0.3) is 0 Å². The molecule has 0 unspecified atom stereocenters.